The minimum atomic E-state index is -3.39. The first-order valence-electron chi connectivity index (χ1n) is 3.70. The van der Waals surface area contributed by atoms with Crippen LogP contribution in [0.5, 0.6) is 0 Å². The Morgan fingerprint density at radius 2 is 2.14 bits per heavy atom. The van der Waals surface area contributed by atoms with Crippen LogP contribution in [0.2, 0.25) is 0 Å². The Balaban J connectivity index is 3.03. The zero-order chi connectivity index (χ0) is 10.8. The predicted molar refractivity (Wildman–Crippen MR) is 50.0 cm³/mol. The Kier molecular flexibility index (Phi) is 3.19. The molecule has 1 aromatic rings. The van der Waals surface area contributed by atoms with E-state index in [2.05, 4.69) is 15.9 Å². The van der Waals surface area contributed by atoms with E-state index in [4.69, 9.17) is 5.26 Å². The number of aliphatic hydroxyl groups is 1. The van der Waals surface area contributed by atoms with E-state index < -0.39 is 10.9 Å². The van der Waals surface area contributed by atoms with Gasteiger partial charge in [0.15, 0.2) is 6.10 Å². The molecular formula is C9H6BrF2NO. The Hall–Kier alpha value is -0.990. The summed E-state index contributed by atoms with van der Waals surface area (Å²) in [7, 11) is 0. The van der Waals surface area contributed by atoms with E-state index in [0.29, 0.717) is 0 Å². The first-order valence-corrected chi connectivity index (χ1v) is 4.49. The zero-order valence-corrected chi connectivity index (χ0v) is 8.50. The van der Waals surface area contributed by atoms with Crippen LogP contribution >= 0.6 is 15.9 Å². The van der Waals surface area contributed by atoms with Crippen LogP contribution in [0.25, 0.3) is 0 Å². The van der Waals surface area contributed by atoms with Crippen molar-refractivity contribution < 1.29 is 13.9 Å². The van der Waals surface area contributed by atoms with E-state index in [-0.39, 0.29) is 11.1 Å². The van der Waals surface area contributed by atoms with E-state index >= 15 is 0 Å². The number of aliphatic hydroxyl groups excluding tert-OH is 1. The minimum Gasteiger partial charge on any atom is -0.381 e. The van der Waals surface area contributed by atoms with Gasteiger partial charge in [0, 0.05) is 0 Å². The number of alkyl halides is 3. The van der Waals surface area contributed by atoms with Gasteiger partial charge in [0.25, 0.3) is 0 Å². The molecule has 14 heavy (non-hydrogen) atoms. The number of rotatable bonds is 2. The first-order chi connectivity index (χ1) is 6.45. The minimum absolute atomic E-state index is 0.00549. The lowest BCUT2D eigenvalue weighted by atomic mass is 10.1. The maximum absolute atomic E-state index is 12.6. The average molecular weight is 262 g/mol. The third-order valence-corrected chi connectivity index (χ3v) is 2.08. The molecule has 0 spiro atoms. The van der Waals surface area contributed by atoms with Crippen LogP contribution in [0.15, 0.2) is 24.3 Å². The zero-order valence-electron chi connectivity index (χ0n) is 6.92. The third kappa shape index (κ3) is 2.50. The molecule has 0 bridgehead atoms. The lowest BCUT2D eigenvalue weighted by molar-refractivity contribution is -0.0294. The summed E-state index contributed by atoms with van der Waals surface area (Å²) in [6, 6.07) is 7.27. The SMILES string of the molecule is N#Cc1cccc(C(O)C(F)(F)Br)c1. The van der Waals surface area contributed by atoms with Crippen molar-refractivity contribution in [3.05, 3.63) is 35.4 Å². The molecule has 1 unspecified atom stereocenters. The maximum Gasteiger partial charge on any atom is 0.330 e. The second kappa shape index (κ2) is 4.03. The topological polar surface area (TPSA) is 44.0 Å². The molecule has 0 fully saturated rings. The monoisotopic (exact) mass is 261 g/mol. The Morgan fingerprint density at radius 1 is 1.50 bits per heavy atom. The fraction of sp³-hybridized carbons (Fsp3) is 0.222. The number of hydrogen-bond acceptors (Lipinski definition) is 2. The fourth-order valence-electron chi connectivity index (χ4n) is 0.967. The highest BCUT2D eigenvalue weighted by Crippen LogP contribution is 2.36. The van der Waals surface area contributed by atoms with E-state index in [9.17, 15) is 13.9 Å². The lowest BCUT2D eigenvalue weighted by Gasteiger charge is -2.16. The van der Waals surface area contributed by atoms with Crippen LogP contribution in [-0.2, 0) is 0 Å². The van der Waals surface area contributed by atoms with Gasteiger partial charge in [-0.15, -0.1) is 0 Å². The van der Waals surface area contributed by atoms with E-state index in [0.717, 1.165) is 0 Å². The molecule has 0 amide bonds. The van der Waals surface area contributed by atoms with Crippen molar-refractivity contribution in [2.45, 2.75) is 10.9 Å². The highest BCUT2D eigenvalue weighted by atomic mass is 79.9. The molecule has 0 aliphatic heterocycles. The van der Waals surface area contributed by atoms with Gasteiger partial charge in [-0.2, -0.15) is 14.0 Å². The molecule has 5 heteroatoms. The highest BCUT2D eigenvalue weighted by Gasteiger charge is 2.36. The molecule has 1 aromatic carbocycles. The number of halogens is 3. The summed E-state index contributed by atoms with van der Waals surface area (Å²) >= 11 is 2.06. The molecule has 0 heterocycles. The Bertz CT molecular complexity index is 370. The van der Waals surface area contributed by atoms with Crippen molar-refractivity contribution in [1.29, 1.82) is 5.26 Å². The van der Waals surface area contributed by atoms with Gasteiger partial charge in [-0.3, -0.25) is 0 Å². The molecule has 0 radical (unpaired) electrons. The van der Waals surface area contributed by atoms with Gasteiger partial charge in [-0.05, 0) is 33.6 Å². The largest absolute Gasteiger partial charge is 0.381 e. The molecule has 0 saturated heterocycles. The second-order valence-electron chi connectivity index (χ2n) is 2.68. The molecule has 1 N–H and O–H groups in total. The number of hydrogen-bond donors (Lipinski definition) is 1. The molecular weight excluding hydrogens is 256 g/mol. The van der Waals surface area contributed by atoms with Gasteiger partial charge < -0.3 is 5.11 Å². The summed E-state index contributed by atoms with van der Waals surface area (Å²) in [5, 5.41) is 17.7. The highest BCUT2D eigenvalue weighted by molar-refractivity contribution is 9.10. The molecule has 1 rings (SSSR count). The van der Waals surface area contributed by atoms with Gasteiger partial charge in [-0.25, -0.2) is 0 Å². The van der Waals surface area contributed by atoms with Crippen molar-refractivity contribution >= 4 is 15.9 Å². The lowest BCUT2D eigenvalue weighted by Crippen LogP contribution is -2.18. The molecule has 1 atom stereocenters. The quantitative estimate of drug-likeness (QED) is 0.832. The summed E-state index contributed by atoms with van der Waals surface area (Å²) in [5.74, 6) is 0. The standard InChI is InChI=1S/C9H6BrF2NO/c10-9(11,12)8(14)7-3-1-2-6(4-7)5-13/h1-4,8,14H. The van der Waals surface area contributed by atoms with Crippen molar-refractivity contribution in [1.82, 2.24) is 0 Å². The van der Waals surface area contributed by atoms with Crippen molar-refractivity contribution in [3.63, 3.8) is 0 Å². The van der Waals surface area contributed by atoms with Gasteiger partial charge in [-0.1, -0.05) is 12.1 Å². The predicted octanol–water partition coefficient (Wildman–Crippen LogP) is 2.58. The summed E-state index contributed by atoms with van der Waals surface area (Å²) < 4.78 is 25.2. The first kappa shape index (κ1) is 11.1. The second-order valence-corrected chi connectivity index (χ2v) is 3.74. The fourth-order valence-corrected chi connectivity index (χ4v) is 1.23. The van der Waals surface area contributed by atoms with E-state index in [1.807, 2.05) is 0 Å². The molecule has 0 saturated carbocycles. The van der Waals surface area contributed by atoms with Crippen molar-refractivity contribution in [2.24, 2.45) is 0 Å². The van der Waals surface area contributed by atoms with Crippen LogP contribution in [0.1, 0.15) is 17.2 Å². The number of nitrogens with zero attached hydrogens (tertiary/aromatic N) is 1. The third-order valence-electron chi connectivity index (χ3n) is 1.64. The molecule has 0 aliphatic rings. The Labute approximate surface area is 87.9 Å². The summed E-state index contributed by atoms with van der Waals surface area (Å²) in [6.45, 7) is 0. The Morgan fingerprint density at radius 3 is 2.64 bits per heavy atom. The molecule has 0 aliphatic carbocycles. The van der Waals surface area contributed by atoms with Gasteiger partial charge in [0.05, 0.1) is 11.6 Å². The van der Waals surface area contributed by atoms with Crippen molar-refractivity contribution in [2.75, 3.05) is 0 Å². The van der Waals surface area contributed by atoms with Crippen LogP contribution in [0, 0.1) is 11.3 Å². The summed E-state index contributed by atoms with van der Waals surface area (Å²) in [6.07, 6.45) is -1.95. The average Bonchev–Trinajstić information content (AvgIpc) is 2.15. The maximum atomic E-state index is 12.6. The molecule has 74 valence electrons. The van der Waals surface area contributed by atoms with Gasteiger partial charge in [0.1, 0.15) is 0 Å². The summed E-state index contributed by atoms with van der Waals surface area (Å²) in [5.41, 5.74) is 0.240. The normalized spacial score (nSPS) is 13.4. The molecule has 0 aromatic heterocycles. The summed E-state index contributed by atoms with van der Waals surface area (Å²) in [4.78, 5) is -3.39. The van der Waals surface area contributed by atoms with Crippen molar-refractivity contribution in [3.8, 4) is 6.07 Å². The van der Waals surface area contributed by atoms with Crippen LogP contribution in [-0.4, -0.2) is 9.94 Å². The van der Waals surface area contributed by atoms with Crippen LogP contribution < -0.4 is 0 Å². The number of nitriles is 1. The smallest absolute Gasteiger partial charge is 0.330 e. The van der Waals surface area contributed by atoms with E-state index in [1.165, 1.54) is 24.3 Å². The van der Waals surface area contributed by atoms with Gasteiger partial charge in [0.2, 0.25) is 0 Å². The van der Waals surface area contributed by atoms with Crippen LogP contribution in [0.4, 0.5) is 8.78 Å². The van der Waals surface area contributed by atoms with E-state index in [1.54, 1.807) is 6.07 Å². The van der Waals surface area contributed by atoms with Gasteiger partial charge >= 0.3 is 4.83 Å². The number of benzene rings is 1. The molecule has 2 nitrogen and oxygen atoms in total. The van der Waals surface area contributed by atoms with Crippen LogP contribution in [0.3, 0.4) is 0 Å².